The molecule has 2 N–H and O–H groups in total. The maximum atomic E-state index is 11.8. The maximum Gasteiger partial charge on any atom is 0.287 e. The summed E-state index contributed by atoms with van der Waals surface area (Å²) >= 11 is 3.40. The number of aromatic nitrogens is 2. The lowest BCUT2D eigenvalue weighted by Gasteiger charge is -2.09. The number of rotatable bonds is 6. The molecule has 0 saturated carbocycles. The topological polar surface area (TPSA) is 93.9 Å². The third-order valence-electron chi connectivity index (χ3n) is 3.36. The second kappa shape index (κ2) is 9.06. The average molecular weight is 376 g/mol. The van der Waals surface area contributed by atoms with Crippen LogP contribution in [0.1, 0.15) is 42.0 Å². The van der Waals surface area contributed by atoms with Gasteiger partial charge < -0.3 is 10.3 Å². The normalized spacial score (nSPS) is 15.3. The first-order chi connectivity index (χ1) is 11.2. The van der Waals surface area contributed by atoms with E-state index in [2.05, 4.69) is 42.3 Å². The number of aromatic amines is 1. The van der Waals surface area contributed by atoms with Gasteiger partial charge in [0.25, 0.3) is 5.91 Å². The van der Waals surface area contributed by atoms with Crippen LogP contribution in [0.5, 0.6) is 0 Å². The Kier molecular flexibility index (Phi) is 6.76. The summed E-state index contributed by atoms with van der Waals surface area (Å²) in [5, 5.41) is 11.3. The first kappa shape index (κ1) is 17.2. The van der Waals surface area contributed by atoms with Crippen LogP contribution in [0, 0.1) is 11.3 Å². The number of allylic oxidation sites excluding steroid dienone is 2. The number of carbonyl (C=O) groups excluding carboxylic acids is 1. The van der Waals surface area contributed by atoms with Gasteiger partial charge in [-0.05, 0) is 47.7 Å². The van der Waals surface area contributed by atoms with Crippen molar-refractivity contribution in [3.63, 3.8) is 0 Å². The maximum absolute atomic E-state index is 11.8. The fraction of sp³-hybridized carbons (Fsp3) is 0.375. The summed E-state index contributed by atoms with van der Waals surface area (Å²) < 4.78 is 0.753. The SMILES string of the molecule is N#Cc1c[nH]c(C(=O)NC/C=C\C(Br)=N/CC2=CCCCC2)n1. The van der Waals surface area contributed by atoms with Gasteiger partial charge in [0.15, 0.2) is 11.5 Å². The molecule has 1 aliphatic rings. The highest BCUT2D eigenvalue weighted by molar-refractivity contribution is 9.18. The number of nitrogens with one attached hydrogen (secondary N) is 2. The van der Waals surface area contributed by atoms with Gasteiger partial charge in [0.05, 0.1) is 6.54 Å². The molecule has 0 bridgehead atoms. The van der Waals surface area contributed by atoms with Gasteiger partial charge >= 0.3 is 0 Å². The van der Waals surface area contributed by atoms with Gasteiger partial charge in [-0.15, -0.1) is 0 Å². The Hall–Kier alpha value is -2.20. The van der Waals surface area contributed by atoms with E-state index in [1.54, 1.807) is 6.08 Å². The van der Waals surface area contributed by atoms with Gasteiger partial charge in [0, 0.05) is 12.7 Å². The highest BCUT2D eigenvalue weighted by Crippen LogP contribution is 2.17. The van der Waals surface area contributed by atoms with E-state index in [9.17, 15) is 4.79 Å². The fourth-order valence-electron chi connectivity index (χ4n) is 2.16. The molecule has 6 nitrogen and oxygen atoms in total. The number of hydrogen-bond acceptors (Lipinski definition) is 4. The summed E-state index contributed by atoms with van der Waals surface area (Å²) in [6.07, 6.45) is 12.1. The highest BCUT2D eigenvalue weighted by atomic mass is 79.9. The van der Waals surface area contributed by atoms with Gasteiger partial charge in [-0.25, -0.2) is 4.98 Å². The quantitative estimate of drug-likeness (QED) is 0.591. The molecule has 2 rings (SSSR count). The molecule has 0 saturated heterocycles. The van der Waals surface area contributed by atoms with Gasteiger partial charge in [0.2, 0.25) is 0 Å². The molecule has 1 aromatic heterocycles. The van der Waals surface area contributed by atoms with Crippen molar-refractivity contribution in [2.45, 2.75) is 25.7 Å². The zero-order chi connectivity index (χ0) is 16.5. The molecular weight excluding hydrogens is 358 g/mol. The van der Waals surface area contributed by atoms with Gasteiger partial charge in [-0.3, -0.25) is 9.79 Å². The summed E-state index contributed by atoms with van der Waals surface area (Å²) in [6, 6.07) is 1.86. The zero-order valence-corrected chi connectivity index (χ0v) is 14.3. The van der Waals surface area contributed by atoms with Crippen molar-refractivity contribution in [2.75, 3.05) is 13.1 Å². The van der Waals surface area contributed by atoms with Crippen molar-refractivity contribution in [1.29, 1.82) is 5.26 Å². The number of nitriles is 1. The number of amides is 1. The molecule has 0 atom stereocenters. The van der Waals surface area contributed by atoms with E-state index >= 15 is 0 Å². The van der Waals surface area contributed by atoms with E-state index in [0.29, 0.717) is 6.54 Å². The highest BCUT2D eigenvalue weighted by Gasteiger charge is 2.08. The van der Waals surface area contributed by atoms with Crippen LogP contribution in [0.15, 0.2) is 35.0 Å². The summed E-state index contributed by atoms with van der Waals surface area (Å²) in [7, 11) is 0. The Labute approximate surface area is 143 Å². The molecule has 0 aliphatic heterocycles. The van der Waals surface area contributed by atoms with E-state index in [1.165, 1.54) is 24.6 Å². The van der Waals surface area contributed by atoms with Crippen molar-refractivity contribution in [3.05, 3.63) is 41.5 Å². The molecular formula is C16H18BrN5O. The molecule has 23 heavy (non-hydrogen) atoms. The minimum atomic E-state index is -0.350. The molecule has 0 spiro atoms. The molecule has 120 valence electrons. The van der Waals surface area contributed by atoms with Gasteiger partial charge in [0.1, 0.15) is 10.7 Å². The predicted octanol–water partition coefficient (Wildman–Crippen LogP) is 2.86. The van der Waals surface area contributed by atoms with Gasteiger partial charge in [-0.2, -0.15) is 5.26 Å². The monoisotopic (exact) mass is 375 g/mol. The van der Waals surface area contributed by atoms with Crippen LogP contribution < -0.4 is 5.32 Å². The average Bonchev–Trinajstić information content (AvgIpc) is 3.07. The van der Waals surface area contributed by atoms with Crippen molar-refractivity contribution >= 4 is 26.5 Å². The number of nitrogens with zero attached hydrogens (tertiary/aromatic N) is 3. The van der Waals surface area contributed by atoms with Crippen LogP contribution >= 0.6 is 15.9 Å². The largest absolute Gasteiger partial charge is 0.346 e. The van der Waals surface area contributed by atoms with Crippen molar-refractivity contribution in [1.82, 2.24) is 15.3 Å². The summed E-state index contributed by atoms with van der Waals surface area (Å²) in [5.74, 6) is -0.219. The Bertz CT molecular complexity index is 681. The van der Waals surface area contributed by atoms with Crippen molar-refractivity contribution in [3.8, 4) is 6.07 Å². The third kappa shape index (κ3) is 5.83. The summed E-state index contributed by atoms with van der Waals surface area (Å²) in [5.41, 5.74) is 1.58. The van der Waals surface area contributed by atoms with Crippen LogP contribution in [0.25, 0.3) is 0 Å². The molecule has 0 fully saturated rings. The minimum Gasteiger partial charge on any atom is -0.346 e. The van der Waals surface area contributed by atoms with E-state index in [1.807, 2.05) is 12.1 Å². The number of carbonyl (C=O) groups is 1. The standard InChI is InChI=1S/C16H18BrN5O/c17-14(20-10-12-5-2-1-3-6-12)7-4-8-19-16(23)15-21-11-13(9-18)22-15/h4-5,7,11H,1-3,6,8,10H2,(H,19,23)(H,21,22)/b7-4-,20-14+. The fourth-order valence-corrected chi connectivity index (χ4v) is 2.48. The first-order valence-corrected chi connectivity index (χ1v) is 8.26. The van der Waals surface area contributed by atoms with Crippen LogP contribution in [0.3, 0.4) is 0 Å². The summed E-state index contributed by atoms with van der Waals surface area (Å²) in [4.78, 5) is 22.7. The molecule has 0 unspecified atom stereocenters. The number of halogens is 1. The van der Waals surface area contributed by atoms with Crippen LogP contribution in [-0.2, 0) is 0 Å². The zero-order valence-electron chi connectivity index (χ0n) is 12.7. The lowest BCUT2D eigenvalue weighted by atomic mass is 10.00. The third-order valence-corrected chi connectivity index (χ3v) is 3.88. The Morgan fingerprint density at radius 2 is 2.43 bits per heavy atom. The van der Waals surface area contributed by atoms with E-state index in [-0.39, 0.29) is 17.4 Å². The molecule has 0 aromatic carbocycles. The minimum absolute atomic E-state index is 0.131. The van der Waals surface area contributed by atoms with Crippen LogP contribution in [-0.4, -0.2) is 33.6 Å². The molecule has 1 aliphatic carbocycles. The van der Waals surface area contributed by atoms with E-state index in [0.717, 1.165) is 24.0 Å². The summed E-state index contributed by atoms with van der Waals surface area (Å²) in [6.45, 7) is 1.08. The van der Waals surface area contributed by atoms with Crippen molar-refractivity contribution in [2.24, 2.45) is 4.99 Å². The Morgan fingerprint density at radius 1 is 1.57 bits per heavy atom. The molecule has 7 heteroatoms. The molecule has 1 heterocycles. The number of H-pyrrole nitrogens is 1. The number of imidazole rings is 1. The number of aliphatic imine (C=N–C) groups is 1. The van der Waals surface area contributed by atoms with Crippen molar-refractivity contribution < 1.29 is 4.79 Å². The second-order valence-corrected chi connectivity index (χ2v) is 5.92. The smallest absolute Gasteiger partial charge is 0.287 e. The van der Waals surface area contributed by atoms with Crippen LogP contribution in [0.4, 0.5) is 0 Å². The van der Waals surface area contributed by atoms with Gasteiger partial charge in [-0.1, -0.05) is 17.7 Å². The van der Waals surface area contributed by atoms with Crippen LogP contribution in [0.2, 0.25) is 0 Å². The van der Waals surface area contributed by atoms with E-state index in [4.69, 9.17) is 5.26 Å². The molecule has 1 aromatic rings. The lowest BCUT2D eigenvalue weighted by molar-refractivity contribution is 0.0948. The first-order valence-electron chi connectivity index (χ1n) is 7.47. The predicted molar refractivity (Wildman–Crippen MR) is 92.6 cm³/mol. The van der Waals surface area contributed by atoms with E-state index < -0.39 is 0 Å². The second-order valence-electron chi connectivity index (χ2n) is 5.11. The Balaban J connectivity index is 1.74. The Morgan fingerprint density at radius 3 is 3.13 bits per heavy atom. The lowest BCUT2D eigenvalue weighted by Crippen LogP contribution is -2.24. The number of hydrogen-bond donors (Lipinski definition) is 2. The molecule has 1 amide bonds. The molecule has 0 radical (unpaired) electrons.